The molecule has 0 spiro atoms. The Labute approximate surface area is 68.1 Å². The lowest BCUT2D eigenvalue weighted by Crippen LogP contribution is -1.68. The van der Waals surface area contributed by atoms with E-state index in [0.717, 1.165) is 6.42 Å². The molecule has 0 atom stereocenters. The van der Waals surface area contributed by atoms with Gasteiger partial charge in [0.25, 0.3) is 0 Å². The fourth-order valence-electron chi connectivity index (χ4n) is 0.518. The molecule has 62 valence electrons. The summed E-state index contributed by atoms with van der Waals surface area (Å²) in [5, 5.41) is 0. The van der Waals surface area contributed by atoms with Crippen LogP contribution < -0.4 is 0 Å². The Morgan fingerprint density at radius 2 is 2.09 bits per heavy atom. The van der Waals surface area contributed by atoms with Crippen molar-refractivity contribution in [1.29, 1.82) is 0 Å². The third-order valence-corrected chi connectivity index (χ3v) is 1.47. The largest absolute Gasteiger partial charge is 0.207 e. The van der Waals surface area contributed by atoms with E-state index in [4.69, 9.17) is 0 Å². The molecule has 0 bridgehead atoms. The van der Waals surface area contributed by atoms with Crippen molar-refractivity contribution in [3.63, 3.8) is 0 Å². The van der Waals surface area contributed by atoms with Gasteiger partial charge in [0.2, 0.25) is 0 Å². The molecule has 0 heterocycles. The van der Waals surface area contributed by atoms with Crippen LogP contribution in [0.1, 0.15) is 27.2 Å². The van der Waals surface area contributed by atoms with E-state index in [9.17, 15) is 4.39 Å². The van der Waals surface area contributed by atoms with Gasteiger partial charge in [0.15, 0.2) is 0 Å². The summed E-state index contributed by atoms with van der Waals surface area (Å²) in [4.78, 5) is 0. The number of hydrogen-bond acceptors (Lipinski definition) is 0. The molecule has 0 nitrogen and oxygen atoms in total. The molecule has 0 saturated carbocycles. The van der Waals surface area contributed by atoms with Gasteiger partial charge >= 0.3 is 0 Å². The highest BCUT2D eigenvalue weighted by atomic mass is 19.1. The van der Waals surface area contributed by atoms with Gasteiger partial charge < -0.3 is 0 Å². The van der Waals surface area contributed by atoms with Crippen LogP contribution in [0.2, 0.25) is 0 Å². The first-order chi connectivity index (χ1) is 5.20. The van der Waals surface area contributed by atoms with Gasteiger partial charge in [0, 0.05) is 0 Å². The monoisotopic (exact) mass is 154 g/mol. The van der Waals surface area contributed by atoms with Gasteiger partial charge in [-0.3, -0.25) is 0 Å². The summed E-state index contributed by atoms with van der Waals surface area (Å²) in [7, 11) is 0. The molecule has 0 aliphatic heterocycles. The summed E-state index contributed by atoms with van der Waals surface area (Å²) < 4.78 is 12.4. The predicted octanol–water partition coefficient (Wildman–Crippen LogP) is 3.77. The molecule has 0 saturated heterocycles. The smallest absolute Gasteiger partial charge is 0.118 e. The average molecular weight is 154 g/mol. The summed E-state index contributed by atoms with van der Waals surface area (Å²) in [5.74, 6) is -0.190. The van der Waals surface area contributed by atoms with Crippen LogP contribution in [0.5, 0.6) is 0 Å². The zero-order valence-corrected chi connectivity index (χ0v) is 7.39. The van der Waals surface area contributed by atoms with E-state index >= 15 is 0 Å². The quantitative estimate of drug-likeness (QED) is 0.543. The highest BCUT2D eigenvalue weighted by Crippen LogP contribution is 2.01. The normalized spacial score (nSPS) is 14.5. The second-order valence-electron chi connectivity index (χ2n) is 2.40. The van der Waals surface area contributed by atoms with E-state index in [1.54, 1.807) is 13.0 Å². The van der Waals surface area contributed by atoms with E-state index in [2.05, 4.69) is 6.92 Å². The lowest BCUT2D eigenvalue weighted by Gasteiger charge is -1.88. The van der Waals surface area contributed by atoms with E-state index in [-0.39, 0.29) is 5.83 Å². The topological polar surface area (TPSA) is 0 Å². The number of hydrogen-bond donors (Lipinski definition) is 0. The van der Waals surface area contributed by atoms with E-state index in [1.807, 2.05) is 13.0 Å². The van der Waals surface area contributed by atoms with Gasteiger partial charge in [-0.15, -0.1) is 0 Å². The molecule has 1 heteroatoms. The Bertz CT molecular complexity index is 185. The average Bonchev–Trinajstić information content (AvgIpc) is 2.04. The SMILES string of the molecule is C\C=C(F)/C=C\C=C(\C)CC. The Hall–Kier alpha value is -0.850. The van der Waals surface area contributed by atoms with Crippen LogP contribution in [0.4, 0.5) is 4.39 Å². The first-order valence-corrected chi connectivity index (χ1v) is 3.86. The van der Waals surface area contributed by atoms with Crippen molar-refractivity contribution < 1.29 is 4.39 Å². The maximum atomic E-state index is 12.4. The van der Waals surface area contributed by atoms with Crippen molar-refractivity contribution in [2.75, 3.05) is 0 Å². The van der Waals surface area contributed by atoms with Crippen molar-refractivity contribution in [2.45, 2.75) is 27.2 Å². The van der Waals surface area contributed by atoms with E-state index < -0.39 is 0 Å². The van der Waals surface area contributed by atoms with Crippen molar-refractivity contribution >= 4 is 0 Å². The Morgan fingerprint density at radius 1 is 1.45 bits per heavy atom. The molecule has 0 radical (unpaired) electrons. The van der Waals surface area contributed by atoms with Crippen LogP contribution in [0.25, 0.3) is 0 Å². The lowest BCUT2D eigenvalue weighted by atomic mass is 10.2. The molecular weight excluding hydrogens is 139 g/mol. The molecule has 0 aromatic heterocycles. The maximum Gasteiger partial charge on any atom is 0.118 e. The molecule has 0 aromatic carbocycles. The molecule has 0 aliphatic rings. The van der Waals surface area contributed by atoms with Gasteiger partial charge in [-0.2, -0.15) is 0 Å². The number of halogens is 1. The van der Waals surface area contributed by atoms with Gasteiger partial charge in [0.1, 0.15) is 5.83 Å². The van der Waals surface area contributed by atoms with Crippen molar-refractivity contribution in [2.24, 2.45) is 0 Å². The second kappa shape index (κ2) is 5.90. The molecule has 0 unspecified atom stereocenters. The molecule has 0 aromatic rings. The molecule has 11 heavy (non-hydrogen) atoms. The molecule has 0 N–H and O–H groups in total. The predicted molar refractivity (Wildman–Crippen MR) is 48.1 cm³/mol. The van der Waals surface area contributed by atoms with Crippen molar-refractivity contribution in [1.82, 2.24) is 0 Å². The third kappa shape index (κ3) is 5.59. The standard InChI is InChI=1S/C10H15F/c1-4-9(3)7-6-8-10(11)5-2/h5-8H,4H2,1-3H3/b8-6-,9-7-,10-5+. The van der Waals surface area contributed by atoms with Crippen LogP contribution >= 0.6 is 0 Å². The van der Waals surface area contributed by atoms with E-state index in [1.165, 1.54) is 17.7 Å². The number of rotatable bonds is 3. The Morgan fingerprint density at radius 3 is 2.55 bits per heavy atom. The van der Waals surface area contributed by atoms with E-state index in [0.29, 0.717) is 0 Å². The minimum absolute atomic E-state index is 0.190. The Kier molecular flexibility index (Phi) is 5.44. The highest BCUT2D eigenvalue weighted by molar-refractivity contribution is 5.18. The van der Waals surface area contributed by atoms with Crippen LogP contribution in [-0.2, 0) is 0 Å². The summed E-state index contributed by atoms with van der Waals surface area (Å²) in [6.07, 6.45) is 7.56. The fourth-order valence-corrected chi connectivity index (χ4v) is 0.518. The highest BCUT2D eigenvalue weighted by Gasteiger charge is 1.81. The minimum atomic E-state index is -0.190. The van der Waals surface area contributed by atoms with Gasteiger partial charge in [-0.05, 0) is 26.3 Å². The first kappa shape index (κ1) is 10.2. The zero-order valence-electron chi connectivity index (χ0n) is 7.39. The van der Waals surface area contributed by atoms with Crippen LogP contribution in [-0.4, -0.2) is 0 Å². The van der Waals surface area contributed by atoms with Crippen LogP contribution in [0.15, 0.2) is 35.7 Å². The van der Waals surface area contributed by atoms with Crippen LogP contribution in [0, 0.1) is 0 Å². The third-order valence-electron chi connectivity index (χ3n) is 1.47. The second-order valence-corrected chi connectivity index (χ2v) is 2.40. The molecule has 0 aliphatic carbocycles. The minimum Gasteiger partial charge on any atom is -0.207 e. The van der Waals surface area contributed by atoms with Crippen molar-refractivity contribution in [3.05, 3.63) is 35.7 Å². The summed E-state index contributed by atoms with van der Waals surface area (Å²) in [5.41, 5.74) is 1.25. The molecule has 0 amide bonds. The Balaban J connectivity index is 3.96. The zero-order chi connectivity index (χ0) is 8.69. The maximum absolute atomic E-state index is 12.4. The molecule has 0 fully saturated rings. The van der Waals surface area contributed by atoms with Crippen LogP contribution in [0.3, 0.4) is 0 Å². The summed E-state index contributed by atoms with van der Waals surface area (Å²) in [6.45, 7) is 5.78. The number of allylic oxidation sites excluding steroid dienone is 6. The molecule has 0 rings (SSSR count). The van der Waals surface area contributed by atoms with Crippen molar-refractivity contribution in [3.8, 4) is 0 Å². The van der Waals surface area contributed by atoms with Gasteiger partial charge in [-0.25, -0.2) is 4.39 Å². The fraction of sp³-hybridized carbons (Fsp3) is 0.400. The first-order valence-electron chi connectivity index (χ1n) is 3.86. The summed E-state index contributed by atoms with van der Waals surface area (Å²) in [6, 6.07) is 0. The summed E-state index contributed by atoms with van der Waals surface area (Å²) >= 11 is 0. The lowest BCUT2D eigenvalue weighted by molar-refractivity contribution is 0.665. The van der Waals surface area contributed by atoms with Gasteiger partial charge in [0.05, 0.1) is 0 Å². The molecular formula is C10H15F. The van der Waals surface area contributed by atoms with Gasteiger partial charge in [-0.1, -0.05) is 30.7 Å².